The topological polar surface area (TPSA) is 23.8 Å². The fraction of sp³-hybridized carbons (Fsp3) is 0. The molecule has 0 heterocycles. The highest BCUT2D eigenvalue weighted by atomic mass is 19.1. The molecular formula is C9H5FN. The highest BCUT2D eigenvalue weighted by Gasteiger charge is 2.03. The quantitative estimate of drug-likeness (QED) is 0.594. The normalized spacial score (nSPS) is 8.73. The minimum absolute atomic E-state index is 0.0265. The van der Waals surface area contributed by atoms with Crippen LogP contribution in [0.2, 0.25) is 0 Å². The highest BCUT2D eigenvalue weighted by Crippen LogP contribution is 2.10. The van der Waals surface area contributed by atoms with Crippen LogP contribution in [0.15, 0.2) is 24.8 Å². The number of rotatable bonds is 1. The van der Waals surface area contributed by atoms with E-state index in [1.807, 2.05) is 0 Å². The van der Waals surface area contributed by atoms with Crippen LogP contribution in [0.1, 0.15) is 11.1 Å². The van der Waals surface area contributed by atoms with E-state index in [1.54, 1.807) is 12.1 Å². The molecule has 0 fully saturated rings. The number of halogens is 1. The summed E-state index contributed by atoms with van der Waals surface area (Å²) in [4.78, 5) is 0. The van der Waals surface area contributed by atoms with Crippen molar-refractivity contribution in [3.05, 3.63) is 47.8 Å². The summed E-state index contributed by atoms with van der Waals surface area (Å²) in [6.07, 6.45) is 2.39. The third kappa shape index (κ3) is 1.27. The van der Waals surface area contributed by atoms with Crippen LogP contribution < -0.4 is 0 Å². The van der Waals surface area contributed by atoms with Gasteiger partial charge in [0.15, 0.2) is 0 Å². The molecule has 0 N–H and O–H groups in total. The van der Waals surface area contributed by atoms with Crippen molar-refractivity contribution in [1.82, 2.24) is 0 Å². The zero-order chi connectivity index (χ0) is 8.27. The van der Waals surface area contributed by atoms with Crippen LogP contribution in [-0.2, 0) is 0 Å². The summed E-state index contributed by atoms with van der Waals surface area (Å²) < 4.78 is 12.9. The largest absolute Gasteiger partial charge is 0.205 e. The molecule has 0 aliphatic carbocycles. The molecular weight excluding hydrogens is 141 g/mol. The first-order valence-electron chi connectivity index (χ1n) is 3.01. The van der Waals surface area contributed by atoms with Crippen LogP contribution in [0.5, 0.6) is 0 Å². The van der Waals surface area contributed by atoms with Crippen LogP contribution >= 0.6 is 0 Å². The molecule has 1 aromatic rings. The minimum Gasteiger partial charge on any atom is -0.205 e. The first-order chi connectivity index (χ1) is 5.29. The second-order valence-electron chi connectivity index (χ2n) is 1.96. The summed E-state index contributed by atoms with van der Waals surface area (Å²) in [6.45, 7) is 3.29. The van der Waals surface area contributed by atoms with E-state index >= 15 is 0 Å². The number of hydrogen-bond donors (Lipinski definition) is 0. The maximum Gasteiger partial charge on any atom is 0.148 e. The summed E-state index contributed by atoms with van der Waals surface area (Å²) >= 11 is 0. The summed E-state index contributed by atoms with van der Waals surface area (Å²) in [6, 6.07) is 6.25. The lowest BCUT2D eigenvalue weighted by molar-refractivity contribution is 0.618. The fourth-order valence-electron chi connectivity index (χ4n) is 0.755. The Morgan fingerprint density at radius 3 is 2.55 bits per heavy atom. The van der Waals surface area contributed by atoms with E-state index in [9.17, 15) is 4.39 Å². The third-order valence-corrected chi connectivity index (χ3v) is 1.31. The molecule has 2 heteroatoms. The van der Waals surface area contributed by atoms with E-state index in [-0.39, 0.29) is 11.1 Å². The standard InChI is InChI=1S/C9H5FN/c1-2-7-4-3-5-8(6-11)9(7)10/h3-5H,1H2. The van der Waals surface area contributed by atoms with Gasteiger partial charge in [-0.15, -0.1) is 0 Å². The van der Waals surface area contributed by atoms with Crippen molar-refractivity contribution in [2.75, 3.05) is 0 Å². The lowest BCUT2D eigenvalue weighted by Crippen LogP contribution is -1.87. The Balaban J connectivity index is 3.34. The molecule has 0 atom stereocenters. The van der Waals surface area contributed by atoms with Gasteiger partial charge in [-0.05, 0) is 12.1 Å². The summed E-state index contributed by atoms with van der Waals surface area (Å²) in [5.74, 6) is -0.551. The average Bonchev–Trinajstić information content (AvgIpc) is 2.05. The molecule has 0 spiro atoms. The number of nitriles is 1. The second-order valence-corrected chi connectivity index (χ2v) is 1.96. The second kappa shape index (κ2) is 2.98. The van der Waals surface area contributed by atoms with E-state index in [2.05, 4.69) is 12.7 Å². The van der Waals surface area contributed by atoms with Crippen LogP contribution in [0.4, 0.5) is 4.39 Å². The Morgan fingerprint density at radius 1 is 1.36 bits per heavy atom. The Bertz CT molecular complexity index is 323. The molecule has 0 saturated carbocycles. The van der Waals surface area contributed by atoms with Gasteiger partial charge in [0.2, 0.25) is 0 Å². The number of benzene rings is 1. The number of nitrogens with zero attached hydrogens (tertiary/aromatic N) is 1. The third-order valence-electron chi connectivity index (χ3n) is 1.31. The van der Waals surface area contributed by atoms with Crippen LogP contribution in [0.3, 0.4) is 0 Å². The zero-order valence-corrected chi connectivity index (χ0v) is 5.76. The predicted molar refractivity (Wildman–Crippen MR) is 39.1 cm³/mol. The van der Waals surface area contributed by atoms with Gasteiger partial charge in [0.1, 0.15) is 11.9 Å². The minimum atomic E-state index is -0.551. The molecule has 1 nitrogen and oxygen atoms in total. The molecule has 53 valence electrons. The molecule has 0 bridgehead atoms. The van der Waals surface area contributed by atoms with Gasteiger partial charge >= 0.3 is 0 Å². The molecule has 1 rings (SSSR count). The fourth-order valence-corrected chi connectivity index (χ4v) is 0.755. The van der Waals surface area contributed by atoms with Gasteiger partial charge in [0, 0.05) is 5.56 Å². The molecule has 0 aliphatic heterocycles. The summed E-state index contributed by atoms with van der Waals surface area (Å²) in [7, 11) is 0. The first-order valence-corrected chi connectivity index (χ1v) is 3.01. The Kier molecular flexibility index (Phi) is 2.03. The Hall–Kier alpha value is -1.62. The van der Waals surface area contributed by atoms with E-state index in [4.69, 9.17) is 5.26 Å². The van der Waals surface area contributed by atoms with Gasteiger partial charge in [-0.2, -0.15) is 5.26 Å². The number of hydrogen-bond acceptors (Lipinski definition) is 1. The van der Waals surface area contributed by atoms with Gasteiger partial charge in [0.25, 0.3) is 0 Å². The van der Waals surface area contributed by atoms with Gasteiger partial charge in [0.05, 0.1) is 5.56 Å². The van der Waals surface area contributed by atoms with Crippen LogP contribution in [0, 0.1) is 23.2 Å². The van der Waals surface area contributed by atoms with Crippen LogP contribution in [0.25, 0.3) is 0 Å². The highest BCUT2D eigenvalue weighted by molar-refractivity contribution is 5.37. The molecule has 1 radical (unpaired) electrons. The van der Waals surface area contributed by atoms with Crippen molar-refractivity contribution in [3.8, 4) is 6.07 Å². The van der Waals surface area contributed by atoms with Crippen LogP contribution in [-0.4, -0.2) is 0 Å². The van der Waals surface area contributed by atoms with Crippen molar-refractivity contribution in [3.63, 3.8) is 0 Å². The molecule has 0 aliphatic rings. The molecule has 0 unspecified atom stereocenters. The molecule has 0 aromatic heterocycles. The van der Waals surface area contributed by atoms with Crippen molar-refractivity contribution >= 4 is 0 Å². The molecule has 0 saturated heterocycles. The summed E-state index contributed by atoms with van der Waals surface area (Å²) in [5.41, 5.74) is 0.266. The van der Waals surface area contributed by atoms with Gasteiger partial charge < -0.3 is 0 Å². The van der Waals surface area contributed by atoms with Crippen molar-refractivity contribution in [1.29, 1.82) is 5.26 Å². The van der Waals surface area contributed by atoms with Crippen molar-refractivity contribution in [2.24, 2.45) is 0 Å². The average molecular weight is 146 g/mol. The lowest BCUT2D eigenvalue weighted by Gasteiger charge is -1.95. The Morgan fingerprint density at radius 2 is 2.00 bits per heavy atom. The predicted octanol–water partition coefficient (Wildman–Crippen LogP) is 2.03. The lowest BCUT2D eigenvalue weighted by atomic mass is 10.1. The smallest absolute Gasteiger partial charge is 0.148 e. The first kappa shape index (κ1) is 7.49. The SMILES string of the molecule is C=[C]c1cccc(C#N)c1F. The monoisotopic (exact) mass is 146 g/mol. The van der Waals surface area contributed by atoms with E-state index in [0.717, 1.165) is 0 Å². The van der Waals surface area contributed by atoms with Crippen molar-refractivity contribution < 1.29 is 4.39 Å². The Labute approximate surface area is 64.4 Å². The van der Waals surface area contributed by atoms with Gasteiger partial charge in [-0.25, -0.2) is 4.39 Å². The zero-order valence-electron chi connectivity index (χ0n) is 5.76. The molecule has 0 amide bonds. The molecule has 11 heavy (non-hydrogen) atoms. The maximum atomic E-state index is 12.9. The van der Waals surface area contributed by atoms with Gasteiger partial charge in [-0.3, -0.25) is 0 Å². The van der Waals surface area contributed by atoms with E-state index in [1.165, 1.54) is 12.1 Å². The van der Waals surface area contributed by atoms with E-state index < -0.39 is 5.82 Å². The van der Waals surface area contributed by atoms with E-state index in [0.29, 0.717) is 0 Å². The van der Waals surface area contributed by atoms with Crippen molar-refractivity contribution in [2.45, 2.75) is 0 Å². The van der Waals surface area contributed by atoms with Gasteiger partial charge in [-0.1, -0.05) is 18.7 Å². The summed E-state index contributed by atoms with van der Waals surface area (Å²) in [5, 5.41) is 8.40. The maximum absolute atomic E-state index is 12.9. The molecule has 1 aromatic carbocycles.